The molecule has 0 aliphatic carbocycles. The highest BCUT2D eigenvalue weighted by Crippen LogP contribution is 2.20. The number of aromatic nitrogens is 1. The predicted octanol–water partition coefficient (Wildman–Crippen LogP) is 2.03. The number of carbonyl (C=O) groups is 2. The molecule has 110 valence electrons. The van der Waals surface area contributed by atoms with E-state index in [-0.39, 0.29) is 0 Å². The molecule has 0 bridgehead atoms. The summed E-state index contributed by atoms with van der Waals surface area (Å²) < 4.78 is 10.1. The van der Waals surface area contributed by atoms with Crippen LogP contribution in [0.4, 0.5) is 4.79 Å². The number of hydrogen-bond acceptors (Lipinski definition) is 5. The predicted molar refractivity (Wildman–Crippen MR) is 73.6 cm³/mol. The van der Waals surface area contributed by atoms with Gasteiger partial charge in [0.05, 0.1) is 7.11 Å². The number of hydrogen-bond donors (Lipinski definition) is 1. The van der Waals surface area contributed by atoms with Crippen molar-refractivity contribution in [3.05, 3.63) is 23.9 Å². The van der Waals surface area contributed by atoms with E-state index in [0.717, 1.165) is 0 Å². The van der Waals surface area contributed by atoms with Gasteiger partial charge in [-0.15, -0.1) is 0 Å². The van der Waals surface area contributed by atoms with E-state index in [1.165, 1.54) is 13.3 Å². The summed E-state index contributed by atoms with van der Waals surface area (Å²) in [6.45, 7) is 6.83. The average Bonchev–Trinajstić information content (AvgIpc) is 2.36. The van der Waals surface area contributed by atoms with Gasteiger partial charge in [0, 0.05) is 17.8 Å². The molecule has 1 atom stereocenters. The molecule has 1 unspecified atom stereocenters. The van der Waals surface area contributed by atoms with Crippen molar-refractivity contribution in [3.63, 3.8) is 0 Å². The van der Waals surface area contributed by atoms with Crippen molar-refractivity contribution >= 4 is 12.4 Å². The number of carbonyl (C=O) groups excluding carboxylic acids is 2. The first-order valence-corrected chi connectivity index (χ1v) is 6.18. The summed E-state index contributed by atoms with van der Waals surface area (Å²) in [4.78, 5) is 27.2. The highest BCUT2D eigenvalue weighted by Gasteiger charge is 2.30. The molecule has 0 aliphatic heterocycles. The number of aldehydes is 1. The lowest BCUT2D eigenvalue weighted by atomic mass is 9.95. The Balaban J connectivity index is 2.90. The van der Waals surface area contributed by atoms with Gasteiger partial charge in [-0.2, -0.15) is 0 Å². The van der Waals surface area contributed by atoms with E-state index in [1.807, 2.05) is 0 Å². The minimum atomic E-state index is -1.21. The Kier molecular flexibility index (Phi) is 4.70. The van der Waals surface area contributed by atoms with E-state index in [2.05, 4.69) is 10.3 Å². The first-order chi connectivity index (χ1) is 9.20. The smallest absolute Gasteiger partial charge is 0.408 e. The molecule has 1 heterocycles. The van der Waals surface area contributed by atoms with Gasteiger partial charge in [-0.25, -0.2) is 9.78 Å². The number of nitrogens with one attached hydrogen (secondary N) is 1. The van der Waals surface area contributed by atoms with Gasteiger partial charge in [-0.3, -0.25) is 0 Å². The van der Waals surface area contributed by atoms with Crippen molar-refractivity contribution in [2.75, 3.05) is 7.11 Å². The number of rotatable bonds is 4. The summed E-state index contributed by atoms with van der Waals surface area (Å²) in [7, 11) is 1.50. The zero-order valence-electron chi connectivity index (χ0n) is 12.4. The molecule has 0 fully saturated rings. The summed E-state index contributed by atoms with van der Waals surface area (Å²) in [5, 5.41) is 2.54. The van der Waals surface area contributed by atoms with Crippen LogP contribution in [0.5, 0.6) is 5.88 Å². The Morgan fingerprint density at radius 2 is 1.95 bits per heavy atom. The van der Waals surface area contributed by atoms with Gasteiger partial charge in [-0.05, 0) is 33.8 Å². The number of ether oxygens (including phenoxy) is 2. The molecule has 0 saturated heterocycles. The lowest BCUT2D eigenvalue weighted by Gasteiger charge is -2.27. The normalized spacial score (nSPS) is 14.1. The summed E-state index contributed by atoms with van der Waals surface area (Å²) in [5.41, 5.74) is -1.30. The fourth-order valence-electron chi connectivity index (χ4n) is 1.49. The average molecular weight is 280 g/mol. The zero-order chi connectivity index (χ0) is 15.4. The van der Waals surface area contributed by atoms with Crippen molar-refractivity contribution in [2.45, 2.75) is 38.8 Å². The second-order valence-electron chi connectivity index (χ2n) is 5.54. The van der Waals surface area contributed by atoms with E-state index in [0.29, 0.717) is 17.7 Å². The molecule has 0 spiro atoms. The van der Waals surface area contributed by atoms with Crippen molar-refractivity contribution < 1.29 is 19.1 Å². The van der Waals surface area contributed by atoms with Crippen LogP contribution in [0.2, 0.25) is 0 Å². The molecule has 6 heteroatoms. The van der Waals surface area contributed by atoms with Crippen LogP contribution in [0.15, 0.2) is 18.3 Å². The van der Waals surface area contributed by atoms with Crippen LogP contribution in [-0.2, 0) is 15.1 Å². The minimum absolute atomic E-state index is 0.430. The number of pyridine rings is 1. The molecule has 1 aromatic rings. The van der Waals surface area contributed by atoms with Crippen LogP contribution in [0.3, 0.4) is 0 Å². The van der Waals surface area contributed by atoms with Crippen molar-refractivity contribution in [3.8, 4) is 5.88 Å². The van der Waals surface area contributed by atoms with Gasteiger partial charge in [0.1, 0.15) is 17.4 Å². The van der Waals surface area contributed by atoms with E-state index >= 15 is 0 Å². The molecule has 0 aromatic carbocycles. The SMILES string of the molecule is COc1ccc(C(C)(C=O)NC(=O)OC(C)(C)C)cn1. The fraction of sp³-hybridized carbons (Fsp3) is 0.500. The maximum absolute atomic E-state index is 11.8. The monoisotopic (exact) mass is 280 g/mol. The summed E-state index contributed by atoms with van der Waals surface area (Å²) in [6.07, 6.45) is 1.45. The van der Waals surface area contributed by atoms with Gasteiger partial charge >= 0.3 is 6.09 Å². The number of amides is 1. The molecule has 0 aliphatic rings. The molecule has 20 heavy (non-hydrogen) atoms. The van der Waals surface area contributed by atoms with Crippen LogP contribution in [-0.4, -0.2) is 30.1 Å². The third kappa shape index (κ3) is 4.22. The van der Waals surface area contributed by atoms with Crippen molar-refractivity contribution in [1.82, 2.24) is 10.3 Å². The maximum atomic E-state index is 11.8. The third-order valence-corrected chi connectivity index (χ3v) is 2.54. The van der Waals surface area contributed by atoms with Crippen LogP contribution < -0.4 is 10.1 Å². The molecular formula is C14H20N2O4. The van der Waals surface area contributed by atoms with E-state index < -0.39 is 17.2 Å². The summed E-state index contributed by atoms with van der Waals surface area (Å²) in [6, 6.07) is 3.28. The third-order valence-electron chi connectivity index (χ3n) is 2.54. The van der Waals surface area contributed by atoms with Gasteiger partial charge in [0.15, 0.2) is 0 Å². The number of alkyl carbamates (subject to hydrolysis) is 1. The van der Waals surface area contributed by atoms with Gasteiger partial charge in [-0.1, -0.05) is 0 Å². The molecule has 1 rings (SSSR count). The zero-order valence-corrected chi connectivity index (χ0v) is 12.4. The van der Waals surface area contributed by atoms with Crippen LogP contribution in [0.25, 0.3) is 0 Å². The Labute approximate surface area is 118 Å². The van der Waals surface area contributed by atoms with Gasteiger partial charge in [0.25, 0.3) is 0 Å². The Morgan fingerprint density at radius 1 is 1.30 bits per heavy atom. The van der Waals surface area contributed by atoms with E-state index in [9.17, 15) is 9.59 Å². The second-order valence-corrected chi connectivity index (χ2v) is 5.54. The largest absolute Gasteiger partial charge is 0.481 e. The highest BCUT2D eigenvalue weighted by molar-refractivity contribution is 5.77. The lowest BCUT2D eigenvalue weighted by Crippen LogP contribution is -2.47. The van der Waals surface area contributed by atoms with Crippen molar-refractivity contribution in [1.29, 1.82) is 0 Å². The fourth-order valence-corrected chi connectivity index (χ4v) is 1.49. The second kappa shape index (κ2) is 5.90. The van der Waals surface area contributed by atoms with Gasteiger partial charge < -0.3 is 19.6 Å². The molecular weight excluding hydrogens is 260 g/mol. The molecule has 1 N–H and O–H groups in total. The first kappa shape index (κ1) is 15.9. The maximum Gasteiger partial charge on any atom is 0.408 e. The highest BCUT2D eigenvalue weighted by atomic mass is 16.6. The lowest BCUT2D eigenvalue weighted by molar-refractivity contribution is -0.113. The quantitative estimate of drug-likeness (QED) is 0.854. The van der Waals surface area contributed by atoms with E-state index in [1.54, 1.807) is 39.8 Å². The van der Waals surface area contributed by atoms with Crippen LogP contribution in [0.1, 0.15) is 33.3 Å². The molecule has 6 nitrogen and oxygen atoms in total. The first-order valence-electron chi connectivity index (χ1n) is 6.18. The van der Waals surface area contributed by atoms with Crippen LogP contribution >= 0.6 is 0 Å². The molecule has 0 radical (unpaired) electrons. The number of methoxy groups -OCH3 is 1. The van der Waals surface area contributed by atoms with E-state index in [4.69, 9.17) is 9.47 Å². The standard InChI is InChI=1S/C14H20N2O4/c1-13(2,3)20-12(18)16-14(4,9-17)10-6-7-11(19-5)15-8-10/h6-9H,1-5H3,(H,16,18). The van der Waals surface area contributed by atoms with Crippen LogP contribution in [0, 0.1) is 0 Å². The molecule has 0 saturated carbocycles. The van der Waals surface area contributed by atoms with Gasteiger partial charge in [0.2, 0.25) is 5.88 Å². The molecule has 1 amide bonds. The Morgan fingerprint density at radius 3 is 2.35 bits per heavy atom. The number of nitrogens with zero attached hydrogens (tertiary/aromatic N) is 1. The summed E-state index contributed by atoms with van der Waals surface area (Å²) >= 11 is 0. The topological polar surface area (TPSA) is 77.5 Å². The Hall–Kier alpha value is -2.11. The van der Waals surface area contributed by atoms with Crippen molar-refractivity contribution in [2.24, 2.45) is 0 Å². The summed E-state index contributed by atoms with van der Waals surface area (Å²) in [5.74, 6) is 0.430. The minimum Gasteiger partial charge on any atom is -0.481 e. The molecule has 1 aromatic heterocycles. The Bertz CT molecular complexity index is 479.